The fraction of sp³-hybridized carbons (Fsp3) is 0.360. The summed E-state index contributed by atoms with van der Waals surface area (Å²) < 4.78 is 16.3. The van der Waals surface area contributed by atoms with Gasteiger partial charge in [-0.15, -0.1) is 6.58 Å². The molecule has 0 saturated heterocycles. The van der Waals surface area contributed by atoms with Gasteiger partial charge in [-0.05, 0) is 61.4 Å². The average molecular weight is 427 g/mol. The van der Waals surface area contributed by atoms with Crippen LogP contribution in [0.15, 0.2) is 61.2 Å². The Balaban J connectivity index is 1.61. The molecular formula is C25H30O6. The number of benzene rings is 2. The Hall–Kier alpha value is -3.12. The van der Waals surface area contributed by atoms with Crippen LogP contribution in [0.5, 0.6) is 11.5 Å². The minimum Gasteiger partial charge on any atom is -0.494 e. The third kappa shape index (κ3) is 9.49. The quantitative estimate of drug-likeness (QED) is 0.175. The van der Waals surface area contributed by atoms with Crippen LogP contribution in [0.2, 0.25) is 0 Å². The van der Waals surface area contributed by atoms with Crippen molar-refractivity contribution in [2.24, 2.45) is 0 Å². The molecule has 0 aliphatic rings. The van der Waals surface area contributed by atoms with Crippen molar-refractivity contribution in [1.29, 1.82) is 0 Å². The molecule has 2 aromatic rings. The van der Waals surface area contributed by atoms with Gasteiger partial charge in [-0.1, -0.05) is 31.8 Å². The summed E-state index contributed by atoms with van der Waals surface area (Å²) in [7, 11) is 0. The molecule has 0 unspecified atom stereocenters. The van der Waals surface area contributed by atoms with Crippen LogP contribution in [0.3, 0.4) is 0 Å². The molecule has 0 radical (unpaired) electrons. The predicted octanol–water partition coefficient (Wildman–Crippen LogP) is 5.53. The topological polar surface area (TPSA) is 82.1 Å². The van der Waals surface area contributed by atoms with Crippen molar-refractivity contribution in [3.8, 4) is 11.5 Å². The molecule has 0 bridgehead atoms. The Bertz CT molecular complexity index is 811. The van der Waals surface area contributed by atoms with Crippen LogP contribution >= 0.6 is 0 Å². The number of ether oxygens (including phenoxy) is 3. The van der Waals surface area contributed by atoms with Crippen molar-refractivity contribution in [1.82, 2.24) is 0 Å². The lowest BCUT2D eigenvalue weighted by molar-refractivity contribution is 0.0696. The lowest BCUT2D eigenvalue weighted by Crippen LogP contribution is -2.08. The van der Waals surface area contributed by atoms with Gasteiger partial charge in [-0.25, -0.2) is 9.59 Å². The standard InChI is InChI=1S/C25H30O6/c1-2-17-29-18-7-5-3-4-6-8-19-30-22-13-11-21(12-14-22)25(28)31-23-15-9-20(10-16-23)24(26)27/h2,9-16H,1,3-8,17-19H2,(H,26,27). The van der Waals surface area contributed by atoms with E-state index in [4.69, 9.17) is 19.3 Å². The Morgan fingerprint density at radius 3 is 1.94 bits per heavy atom. The zero-order chi connectivity index (χ0) is 22.3. The number of carboxylic acids is 1. The largest absolute Gasteiger partial charge is 0.494 e. The Kier molecular flexibility index (Phi) is 10.9. The minimum absolute atomic E-state index is 0.134. The van der Waals surface area contributed by atoms with Gasteiger partial charge in [0.1, 0.15) is 11.5 Å². The summed E-state index contributed by atoms with van der Waals surface area (Å²) in [6, 6.07) is 12.5. The number of rotatable bonds is 15. The number of hydrogen-bond acceptors (Lipinski definition) is 5. The molecule has 0 aromatic heterocycles. The van der Waals surface area contributed by atoms with Gasteiger partial charge in [0.15, 0.2) is 0 Å². The van der Waals surface area contributed by atoms with Crippen molar-refractivity contribution in [2.75, 3.05) is 19.8 Å². The second-order valence-corrected chi connectivity index (χ2v) is 7.08. The fourth-order valence-corrected chi connectivity index (χ4v) is 2.89. The van der Waals surface area contributed by atoms with Crippen LogP contribution in [0, 0.1) is 0 Å². The molecule has 6 heteroatoms. The van der Waals surface area contributed by atoms with Crippen molar-refractivity contribution in [2.45, 2.75) is 38.5 Å². The summed E-state index contributed by atoms with van der Waals surface area (Å²) in [6.07, 6.45) is 8.54. The summed E-state index contributed by atoms with van der Waals surface area (Å²) in [5.74, 6) is -0.538. The van der Waals surface area contributed by atoms with Crippen molar-refractivity contribution in [3.05, 3.63) is 72.3 Å². The van der Waals surface area contributed by atoms with Gasteiger partial charge < -0.3 is 19.3 Å². The lowest BCUT2D eigenvalue weighted by atomic mass is 10.1. The van der Waals surface area contributed by atoms with Crippen LogP contribution in [0.1, 0.15) is 59.2 Å². The number of esters is 1. The molecule has 1 N–H and O–H groups in total. The highest BCUT2D eigenvalue weighted by atomic mass is 16.5. The molecule has 2 aromatic carbocycles. The van der Waals surface area contributed by atoms with Gasteiger partial charge >= 0.3 is 11.9 Å². The van der Waals surface area contributed by atoms with E-state index in [1.807, 2.05) is 0 Å². The predicted molar refractivity (Wildman–Crippen MR) is 119 cm³/mol. The van der Waals surface area contributed by atoms with E-state index < -0.39 is 11.9 Å². The number of aromatic carboxylic acids is 1. The van der Waals surface area contributed by atoms with Gasteiger partial charge in [0.2, 0.25) is 0 Å². The Labute approximate surface area is 183 Å². The molecule has 0 atom stereocenters. The molecule has 0 aliphatic heterocycles. The maximum absolute atomic E-state index is 12.2. The third-order valence-corrected chi connectivity index (χ3v) is 4.59. The van der Waals surface area contributed by atoms with Crippen molar-refractivity contribution < 1.29 is 28.9 Å². The molecule has 6 nitrogen and oxygen atoms in total. The van der Waals surface area contributed by atoms with E-state index in [1.54, 1.807) is 30.3 Å². The molecule has 2 rings (SSSR count). The second kappa shape index (κ2) is 14.0. The summed E-state index contributed by atoms with van der Waals surface area (Å²) in [5.41, 5.74) is 0.530. The lowest BCUT2D eigenvalue weighted by Gasteiger charge is -2.08. The first kappa shape index (κ1) is 24.2. The van der Waals surface area contributed by atoms with E-state index in [2.05, 4.69) is 6.58 Å². The highest BCUT2D eigenvalue weighted by Gasteiger charge is 2.10. The van der Waals surface area contributed by atoms with E-state index in [9.17, 15) is 9.59 Å². The number of carboxylic acid groups (broad SMARTS) is 1. The smallest absolute Gasteiger partial charge is 0.343 e. The molecule has 31 heavy (non-hydrogen) atoms. The normalized spacial score (nSPS) is 10.5. The summed E-state index contributed by atoms with van der Waals surface area (Å²) >= 11 is 0. The number of unbranched alkanes of at least 4 members (excludes halogenated alkanes) is 5. The molecule has 0 fully saturated rings. The first-order valence-electron chi connectivity index (χ1n) is 10.6. The average Bonchev–Trinajstić information content (AvgIpc) is 2.78. The molecular weight excluding hydrogens is 396 g/mol. The van der Waals surface area contributed by atoms with Gasteiger partial charge in [0.25, 0.3) is 0 Å². The van der Waals surface area contributed by atoms with E-state index in [1.165, 1.54) is 43.5 Å². The van der Waals surface area contributed by atoms with E-state index >= 15 is 0 Å². The van der Waals surface area contributed by atoms with Gasteiger partial charge in [-0.3, -0.25) is 0 Å². The molecule has 0 spiro atoms. The van der Waals surface area contributed by atoms with Crippen LogP contribution in [0.4, 0.5) is 0 Å². The first-order valence-corrected chi connectivity index (χ1v) is 10.6. The van der Waals surface area contributed by atoms with E-state index in [0.717, 1.165) is 25.9 Å². The maximum Gasteiger partial charge on any atom is 0.343 e. The minimum atomic E-state index is -1.03. The molecule has 0 heterocycles. The van der Waals surface area contributed by atoms with Crippen LogP contribution in [0.25, 0.3) is 0 Å². The zero-order valence-corrected chi connectivity index (χ0v) is 17.8. The van der Waals surface area contributed by atoms with Crippen molar-refractivity contribution >= 4 is 11.9 Å². The maximum atomic E-state index is 12.2. The van der Waals surface area contributed by atoms with Gasteiger partial charge in [0, 0.05) is 6.61 Å². The van der Waals surface area contributed by atoms with Crippen molar-refractivity contribution in [3.63, 3.8) is 0 Å². The fourth-order valence-electron chi connectivity index (χ4n) is 2.89. The highest BCUT2D eigenvalue weighted by Crippen LogP contribution is 2.17. The number of carbonyl (C=O) groups excluding carboxylic acids is 1. The zero-order valence-electron chi connectivity index (χ0n) is 17.8. The van der Waals surface area contributed by atoms with E-state index in [0.29, 0.717) is 30.3 Å². The van der Waals surface area contributed by atoms with Crippen LogP contribution in [-0.2, 0) is 4.74 Å². The number of hydrogen-bond donors (Lipinski definition) is 1. The molecule has 0 saturated carbocycles. The number of carbonyl (C=O) groups is 2. The molecule has 0 amide bonds. The third-order valence-electron chi connectivity index (χ3n) is 4.59. The summed E-state index contributed by atoms with van der Waals surface area (Å²) in [6.45, 7) is 5.69. The highest BCUT2D eigenvalue weighted by molar-refractivity contribution is 5.91. The molecule has 166 valence electrons. The van der Waals surface area contributed by atoms with Crippen LogP contribution < -0.4 is 9.47 Å². The Morgan fingerprint density at radius 2 is 1.32 bits per heavy atom. The Morgan fingerprint density at radius 1 is 0.774 bits per heavy atom. The molecule has 0 aliphatic carbocycles. The van der Waals surface area contributed by atoms with Crippen LogP contribution in [-0.4, -0.2) is 36.9 Å². The SMILES string of the molecule is C=CCOCCCCCCCCOc1ccc(C(=O)Oc2ccc(C(=O)O)cc2)cc1. The summed E-state index contributed by atoms with van der Waals surface area (Å²) in [5, 5.41) is 8.89. The second-order valence-electron chi connectivity index (χ2n) is 7.08. The monoisotopic (exact) mass is 426 g/mol. The summed E-state index contributed by atoms with van der Waals surface area (Å²) in [4.78, 5) is 23.1. The first-order chi connectivity index (χ1) is 15.1. The van der Waals surface area contributed by atoms with Gasteiger partial charge in [-0.2, -0.15) is 0 Å². The van der Waals surface area contributed by atoms with Gasteiger partial charge in [0.05, 0.1) is 24.3 Å². The van der Waals surface area contributed by atoms with E-state index in [-0.39, 0.29) is 5.56 Å².